The number of rotatable bonds is 1. The molecule has 1 aliphatic rings. The summed E-state index contributed by atoms with van der Waals surface area (Å²) in [5, 5.41) is 0. The lowest BCUT2D eigenvalue weighted by atomic mass is 10.0. The van der Waals surface area contributed by atoms with Gasteiger partial charge in [-0.3, -0.25) is 4.99 Å². The van der Waals surface area contributed by atoms with Crippen LogP contribution in [0.25, 0.3) is 0 Å². The summed E-state index contributed by atoms with van der Waals surface area (Å²) in [5.41, 5.74) is 9.65. The highest BCUT2D eigenvalue weighted by Gasteiger charge is 2.23. The number of benzene rings is 1. The summed E-state index contributed by atoms with van der Waals surface area (Å²) < 4.78 is 0. The third-order valence-electron chi connectivity index (χ3n) is 2.88. The minimum atomic E-state index is 0.309. The molecule has 0 spiro atoms. The molecule has 0 amide bonds. The van der Waals surface area contributed by atoms with Crippen LogP contribution in [0.2, 0.25) is 0 Å². The van der Waals surface area contributed by atoms with Crippen molar-refractivity contribution in [1.82, 2.24) is 4.90 Å². The molecule has 1 unspecified atom stereocenters. The molecule has 1 atom stereocenters. The van der Waals surface area contributed by atoms with E-state index in [1.807, 2.05) is 11.9 Å². The van der Waals surface area contributed by atoms with Gasteiger partial charge < -0.3 is 10.6 Å². The fraction of sp³-hybridized carbons (Fsp3) is 0.417. The molecule has 1 aromatic carbocycles. The van der Waals surface area contributed by atoms with Gasteiger partial charge in [0.1, 0.15) is 0 Å². The highest BCUT2D eigenvalue weighted by atomic mass is 15.3. The molecule has 1 aliphatic heterocycles. The first-order valence-electron chi connectivity index (χ1n) is 5.19. The van der Waals surface area contributed by atoms with Crippen LogP contribution in [-0.2, 0) is 0 Å². The number of hydrogen-bond acceptors (Lipinski definition) is 3. The van der Waals surface area contributed by atoms with Gasteiger partial charge in [-0.2, -0.15) is 0 Å². The molecule has 0 radical (unpaired) electrons. The summed E-state index contributed by atoms with van der Waals surface area (Å²) in [5.74, 6) is 0.638. The van der Waals surface area contributed by atoms with E-state index in [-0.39, 0.29) is 0 Å². The Morgan fingerprint density at radius 3 is 2.33 bits per heavy atom. The zero-order valence-corrected chi connectivity index (χ0v) is 9.49. The molecule has 0 fully saturated rings. The number of nitrogens with zero attached hydrogens (tertiary/aromatic N) is 2. The van der Waals surface area contributed by atoms with Gasteiger partial charge in [0.25, 0.3) is 0 Å². The Balaban J connectivity index is 2.31. The van der Waals surface area contributed by atoms with E-state index in [1.54, 1.807) is 0 Å². The standard InChI is InChI=1S/C12H17N3/c1-8-4-9(2)6-10(5-8)11-7-14-12(13)15(11)3/h4-6,11H,7H2,1-3H3,(H2,13,14). The molecule has 3 nitrogen and oxygen atoms in total. The van der Waals surface area contributed by atoms with Gasteiger partial charge >= 0.3 is 0 Å². The molecule has 2 N–H and O–H groups in total. The lowest BCUT2D eigenvalue weighted by Crippen LogP contribution is -2.32. The quantitative estimate of drug-likeness (QED) is 0.753. The number of guanidine groups is 1. The molecule has 1 aromatic rings. The van der Waals surface area contributed by atoms with Crippen molar-refractivity contribution in [3.8, 4) is 0 Å². The van der Waals surface area contributed by atoms with Crippen molar-refractivity contribution in [3.05, 3.63) is 34.9 Å². The summed E-state index contributed by atoms with van der Waals surface area (Å²) in [6, 6.07) is 6.91. The van der Waals surface area contributed by atoms with Crippen LogP contribution in [-0.4, -0.2) is 24.5 Å². The first-order valence-corrected chi connectivity index (χ1v) is 5.19. The van der Waals surface area contributed by atoms with E-state index in [0.717, 1.165) is 6.54 Å². The van der Waals surface area contributed by atoms with Crippen LogP contribution in [0.3, 0.4) is 0 Å². The molecule has 80 valence electrons. The van der Waals surface area contributed by atoms with Crippen molar-refractivity contribution < 1.29 is 0 Å². The molecule has 0 aliphatic carbocycles. The minimum absolute atomic E-state index is 0.309. The highest BCUT2D eigenvalue weighted by molar-refractivity contribution is 5.80. The van der Waals surface area contributed by atoms with Gasteiger partial charge in [-0.15, -0.1) is 0 Å². The van der Waals surface area contributed by atoms with Crippen LogP contribution in [0.15, 0.2) is 23.2 Å². The van der Waals surface area contributed by atoms with Crippen molar-refractivity contribution in [2.45, 2.75) is 19.9 Å². The molecule has 15 heavy (non-hydrogen) atoms. The molecule has 3 heteroatoms. The Labute approximate surface area is 90.6 Å². The average molecular weight is 203 g/mol. The number of aliphatic imine (C=N–C) groups is 1. The third kappa shape index (κ3) is 1.82. The summed E-state index contributed by atoms with van der Waals surface area (Å²) in [6.07, 6.45) is 0. The number of aryl methyl sites for hydroxylation is 2. The van der Waals surface area contributed by atoms with E-state index < -0.39 is 0 Å². The lowest BCUT2D eigenvalue weighted by Gasteiger charge is -2.22. The van der Waals surface area contributed by atoms with Crippen LogP contribution in [0.5, 0.6) is 0 Å². The largest absolute Gasteiger partial charge is 0.370 e. The van der Waals surface area contributed by atoms with Crippen LogP contribution in [0.1, 0.15) is 22.7 Å². The number of likely N-dealkylation sites (N-methyl/N-ethyl adjacent to an activating group) is 1. The molecular weight excluding hydrogens is 186 g/mol. The van der Waals surface area contributed by atoms with Crippen molar-refractivity contribution in [2.24, 2.45) is 10.7 Å². The normalized spacial score (nSPS) is 20.6. The van der Waals surface area contributed by atoms with Gasteiger partial charge in [-0.25, -0.2) is 0 Å². The van der Waals surface area contributed by atoms with Crippen molar-refractivity contribution in [1.29, 1.82) is 0 Å². The van der Waals surface area contributed by atoms with Crippen LogP contribution >= 0.6 is 0 Å². The fourth-order valence-corrected chi connectivity index (χ4v) is 2.10. The fourth-order valence-electron chi connectivity index (χ4n) is 2.10. The van der Waals surface area contributed by atoms with Gasteiger partial charge in [0.2, 0.25) is 0 Å². The van der Waals surface area contributed by atoms with Crippen LogP contribution in [0.4, 0.5) is 0 Å². The Bertz CT molecular complexity index is 389. The molecule has 1 heterocycles. The Morgan fingerprint density at radius 1 is 1.27 bits per heavy atom. The summed E-state index contributed by atoms with van der Waals surface area (Å²) >= 11 is 0. The molecule has 0 bridgehead atoms. The SMILES string of the molecule is Cc1cc(C)cc(C2CN=C(N)N2C)c1. The Kier molecular flexibility index (Phi) is 2.39. The zero-order chi connectivity index (χ0) is 11.0. The third-order valence-corrected chi connectivity index (χ3v) is 2.88. The summed E-state index contributed by atoms with van der Waals surface area (Å²) in [6.45, 7) is 5.01. The maximum atomic E-state index is 5.76. The van der Waals surface area contributed by atoms with Crippen LogP contribution in [0, 0.1) is 13.8 Å². The van der Waals surface area contributed by atoms with Crippen LogP contribution < -0.4 is 5.73 Å². The molecule has 2 rings (SSSR count). The second kappa shape index (κ2) is 3.57. The Morgan fingerprint density at radius 2 is 1.87 bits per heavy atom. The molecular formula is C12H17N3. The minimum Gasteiger partial charge on any atom is -0.370 e. The molecule has 0 saturated heterocycles. The van der Waals surface area contributed by atoms with Gasteiger partial charge in [0.05, 0.1) is 12.6 Å². The van der Waals surface area contributed by atoms with E-state index in [9.17, 15) is 0 Å². The smallest absolute Gasteiger partial charge is 0.191 e. The predicted octanol–water partition coefficient (Wildman–Crippen LogP) is 1.60. The van der Waals surface area contributed by atoms with E-state index in [1.165, 1.54) is 16.7 Å². The van der Waals surface area contributed by atoms with E-state index >= 15 is 0 Å². The van der Waals surface area contributed by atoms with Gasteiger partial charge in [-0.1, -0.05) is 29.3 Å². The molecule has 0 saturated carbocycles. The van der Waals surface area contributed by atoms with Gasteiger partial charge in [0.15, 0.2) is 5.96 Å². The van der Waals surface area contributed by atoms with Crippen molar-refractivity contribution >= 4 is 5.96 Å². The van der Waals surface area contributed by atoms with Gasteiger partial charge in [0, 0.05) is 7.05 Å². The number of hydrogen-bond donors (Lipinski definition) is 1. The van der Waals surface area contributed by atoms with Crippen molar-refractivity contribution in [3.63, 3.8) is 0 Å². The lowest BCUT2D eigenvalue weighted by molar-refractivity contribution is 0.414. The van der Waals surface area contributed by atoms with E-state index in [0.29, 0.717) is 12.0 Å². The topological polar surface area (TPSA) is 41.6 Å². The highest BCUT2D eigenvalue weighted by Crippen LogP contribution is 2.25. The van der Waals surface area contributed by atoms with E-state index in [4.69, 9.17) is 5.73 Å². The van der Waals surface area contributed by atoms with Crippen molar-refractivity contribution in [2.75, 3.05) is 13.6 Å². The van der Waals surface area contributed by atoms with E-state index in [2.05, 4.69) is 37.0 Å². The average Bonchev–Trinajstić information content (AvgIpc) is 2.46. The molecule has 0 aromatic heterocycles. The summed E-state index contributed by atoms with van der Waals surface area (Å²) in [7, 11) is 1.99. The maximum absolute atomic E-state index is 5.76. The second-order valence-electron chi connectivity index (χ2n) is 4.25. The zero-order valence-electron chi connectivity index (χ0n) is 9.49. The first kappa shape index (κ1) is 10.0. The van der Waals surface area contributed by atoms with Gasteiger partial charge in [-0.05, 0) is 19.4 Å². The first-order chi connectivity index (χ1) is 7.08. The predicted molar refractivity (Wildman–Crippen MR) is 62.9 cm³/mol. The Hall–Kier alpha value is -1.51. The monoisotopic (exact) mass is 203 g/mol. The number of nitrogens with two attached hydrogens (primary N) is 1. The second-order valence-corrected chi connectivity index (χ2v) is 4.25. The maximum Gasteiger partial charge on any atom is 0.191 e. The summed E-state index contributed by atoms with van der Waals surface area (Å²) in [4.78, 5) is 6.29.